The molecule has 0 bridgehead atoms. The van der Waals surface area contributed by atoms with Crippen LogP contribution in [0.3, 0.4) is 0 Å². The van der Waals surface area contributed by atoms with Gasteiger partial charge in [0.05, 0.1) is 34.9 Å². The topological polar surface area (TPSA) is 60.5 Å². The molecule has 0 N–H and O–H groups in total. The van der Waals surface area contributed by atoms with E-state index in [1.807, 2.05) is 47.5 Å². The van der Waals surface area contributed by atoms with Gasteiger partial charge in [-0.05, 0) is 65.4 Å². The Morgan fingerprint density at radius 3 is 2.18 bits per heavy atom. The quantitative estimate of drug-likeness (QED) is 0.302. The molecule has 0 saturated heterocycles. The van der Waals surface area contributed by atoms with E-state index < -0.39 is 0 Å². The first-order valence-corrected chi connectivity index (χ1v) is 13.2. The van der Waals surface area contributed by atoms with Crippen molar-refractivity contribution in [3.8, 4) is 23.0 Å². The van der Waals surface area contributed by atoms with Crippen molar-refractivity contribution in [2.24, 2.45) is 0 Å². The Morgan fingerprint density at radius 1 is 0.769 bits per heavy atom. The van der Waals surface area contributed by atoms with Crippen LogP contribution in [0.25, 0.3) is 6.08 Å². The average Bonchev–Trinajstić information content (AvgIpc) is 3.12. The molecule has 0 atom stereocenters. The maximum Gasteiger partial charge on any atom is 0.230 e. The molecule has 3 aromatic rings. The molecule has 1 amide bonds. The summed E-state index contributed by atoms with van der Waals surface area (Å²) in [5.74, 6) is 2.85. The van der Waals surface area contributed by atoms with Gasteiger partial charge < -0.3 is 23.8 Å². The molecule has 1 aliphatic rings. The van der Waals surface area contributed by atoms with Gasteiger partial charge in [0.15, 0.2) is 23.0 Å². The number of fused-ring (bicyclic) bond motifs is 1. The van der Waals surface area contributed by atoms with Gasteiger partial charge in [0.25, 0.3) is 0 Å². The lowest BCUT2D eigenvalue weighted by atomic mass is 10.0. The van der Waals surface area contributed by atoms with Gasteiger partial charge >= 0.3 is 0 Å². The second-order valence-electron chi connectivity index (χ2n) is 9.54. The highest BCUT2D eigenvalue weighted by Crippen LogP contribution is 2.33. The van der Waals surface area contributed by atoms with Crippen molar-refractivity contribution in [3.05, 3.63) is 89.1 Å². The second kappa shape index (κ2) is 13.7. The van der Waals surface area contributed by atoms with E-state index in [9.17, 15) is 4.79 Å². The third-order valence-corrected chi connectivity index (χ3v) is 7.03. The minimum absolute atomic E-state index is 0.0807. The average molecular weight is 531 g/mol. The molecule has 4 rings (SSSR count). The van der Waals surface area contributed by atoms with Crippen LogP contribution in [0, 0.1) is 0 Å². The summed E-state index contributed by atoms with van der Waals surface area (Å²) in [6.45, 7) is 3.26. The molecule has 39 heavy (non-hydrogen) atoms. The molecule has 7 heteroatoms. The molecule has 0 aliphatic carbocycles. The van der Waals surface area contributed by atoms with Gasteiger partial charge in [-0.2, -0.15) is 0 Å². The molecule has 1 heterocycles. The third kappa shape index (κ3) is 7.33. The Morgan fingerprint density at radius 2 is 1.46 bits per heavy atom. The standard InChI is InChI=1S/C32H38N2O5/c1-36-28-12-11-24(19-29(28)37-2)13-17-33(23-25-9-6-5-7-10-25)15-8-16-34-18-14-26-20-30(38-3)31(39-4)21-27(26)22-32(34)35/h5-7,9-12,14,18-21H,8,13,15-17,22-23H2,1-4H3. The zero-order valence-electron chi connectivity index (χ0n) is 23.3. The van der Waals surface area contributed by atoms with E-state index in [1.165, 1.54) is 11.1 Å². The molecular weight excluding hydrogens is 492 g/mol. The van der Waals surface area contributed by atoms with Gasteiger partial charge in [-0.3, -0.25) is 9.69 Å². The Kier molecular flexibility index (Phi) is 9.86. The van der Waals surface area contributed by atoms with E-state index in [0.717, 1.165) is 55.1 Å². The molecule has 0 saturated carbocycles. The molecule has 0 unspecified atom stereocenters. The lowest BCUT2D eigenvalue weighted by Gasteiger charge is -2.24. The fourth-order valence-electron chi connectivity index (χ4n) is 4.86. The Labute approximate surface area is 231 Å². The Bertz CT molecular complexity index is 1280. The van der Waals surface area contributed by atoms with Crippen molar-refractivity contribution in [1.82, 2.24) is 9.80 Å². The first kappa shape index (κ1) is 28.0. The van der Waals surface area contributed by atoms with E-state index >= 15 is 0 Å². The molecule has 0 aromatic heterocycles. The van der Waals surface area contributed by atoms with Crippen LogP contribution in [0.5, 0.6) is 23.0 Å². The fraction of sp³-hybridized carbons (Fsp3) is 0.344. The lowest BCUT2D eigenvalue weighted by molar-refractivity contribution is -0.127. The number of hydrogen-bond acceptors (Lipinski definition) is 6. The summed E-state index contributed by atoms with van der Waals surface area (Å²) in [6.07, 6.45) is 5.95. The molecular formula is C32H38N2O5. The van der Waals surface area contributed by atoms with Crippen LogP contribution in [0.1, 0.15) is 28.7 Å². The summed E-state index contributed by atoms with van der Waals surface area (Å²) in [5, 5.41) is 0. The van der Waals surface area contributed by atoms with E-state index in [0.29, 0.717) is 24.5 Å². The fourth-order valence-corrected chi connectivity index (χ4v) is 4.86. The largest absolute Gasteiger partial charge is 0.493 e. The van der Waals surface area contributed by atoms with Gasteiger partial charge in [0.1, 0.15) is 0 Å². The van der Waals surface area contributed by atoms with E-state index in [1.54, 1.807) is 28.4 Å². The molecule has 1 aliphatic heterocycles. The number of carbonyl (C=O) groups excluding carboxylic acids is 1. The van der Waals surface area contributed by atoms with Crippen molar-refractivity contribution in [1.29, 1.82) is 0 Å². The number of rotatable bonds is 13. The minimum atomic E-state index is 0.0807. The number of hydrogen-bond donors (Lipinski definition) is 0. The highest BCUT2D eigenvalue weighted by atomic mass is 16.5. The first-order valence-electron chi connectivity index (χ1n) is 13.2. The van der Waals surface area contributed by atoms with Crippen LogP contribution in [-0.4, -0.2) is 63.8 Å². The van der Waals surface area contributed by atoms with Crippen LogP contribution >= 0.6 is 0 Å². The predicted octanol–water partition coefficient (Wildman–Crippen LogP) is 5.21. The summed E-state index contributed by atoms with van der Waals surface area (Å²) in [6, 6.07) is 20.4. The van der Waals surface area contributed by atoms with Gasteiger partial charge in [-0.25, -0.2) is 0 Å². The molecule has 206 valence electrons. The van der Waals surface area contributed by atoms with E-state index in [-0.39, 0.29) is 5.91 Å². The van der Waals surface area contributed by atoms with Crippen molar-refractivity contribution in [2.75, 3.05) is 48.1 Å². The number of carbonyl (C=O) groups is 1. The Hall–Kier alpha value is -3.97. The smallest absolute Gasteiger partial charge is 0.230 e. The van der Waals surface area contributed by atoms with Crippen molar-refractivity contribution < 1.29 is 23.7 Å². The molecule has 7 nitrogen and oxygen atoms in total. The van der Waals surface area contributed by atoms with E-state index in [4.69, 9.17) is 18.9 Å². The predicted molar refractivity (Wildman–Crippen MR) is 154 cm³/mol. The minimum Gasteiger partial charge on any atom is -0.493 e. The van der Waals surface area contributed by atoms with Crippen LogP contribution < -0.4 is 18.9 Å². The first-order chi connectivity index (χ1) is 19.0. The third-order valence-electron chi connectivity index (χ3n) is 7.03. The number of methoxy groups -OCH3 is 4. The van der Waals surface area contributed by atoms with Gasteiger partial charge in [-0.15, -0.1) is 0 Å². The van der Waals surface area contributed by atoms with Crippen LogP contribution in [-0.2, 0) is 24.2 Å². The maximum absolute atomic E-state index is 13.1. The van der Waals surface area contributed by atoms with Gasteiger partial charge in [0.2, 0.25) is 5.91 Å². The summed E-state index contributed by atoms with van der Waals surface area (Å²) in [5.41, 5.74) is 4.38. The zero-order chi connectivity index (χ0) is 27.6. The molecule has 0 spiro atoms. The van der Waals surface area contributed by atoms with Gasteiger partial charge in [-0.1, -0.05) is 36.4 Å². The van der Waals surface area contributed by atoms with Crippen LogP contribution in [0.2, 0.25) is 0 Å². The summed E-state index contributed by atoms with van der Waals surface area (Å²) in [7, 11) is 6.54. The summed E-state index contributed by atoms with van der Waals surface area (Å²) >= 11 is 0. The van der Waals surface area contributed by atoms with Crippen LogP contribution in [0.15, 0.2) is 66.9 Å². The number of amides is 1. The Balaban J connectivity index is 1.40. The van der Waals surface area contributed by atoms with E-state index in [2.05, 4.69) is 35.2 Å². The van der Waals surface area contributed by atoms with Gasteiger partial charge in [0, 0.05) is 32.4 Å². The van der Waals surface area contributed by atoms with Crippen molar-refractivity contribution >= 4 is 12.0 Å². The van der Waals surface area contributed by atoms with Crippen molar-refractivity contribution in [2.45, 2.75) is 25.8 Å². The van der Waals surface area contributed by atoms with Crippen molar-refractivity contribution in [3.63, 3.8) is 0 Å². The number of ether oxygens (including phenoxy) is 4. The molecule has 0 fully saturated rings. The highest BCUT2D eigenvalue weighted by Gasteiger charge is 2.20. The SMILES string of the molecule is COc1ccc(CCN(CCCN2C=Cc3cc(OC)c(OC)cc3CC2=O)Cc2ccccc2)cc1OC. The second-order valence-corrected chi connectivity index (χ2v) is 9.54. The lowest BCUT2D eigenvalue weighted by Crippen LogP contribution is -2.32. The highest BCUT2D eigenvalue weighted by molar-refractivity contribution is 5.84. The summed E-state index contributed by atoms with van der Waals surface area (Å²) < 4.78 is 21.7. The normalized spacial score (nSPS) is 12.7. The number of benzene rings is 3. The molecule has 0 radical (unpaired) electrons. The maximum atomic E-state index is 13.1. The number of nitrogens with zero attached hydrogens (tertiary/aromatic N) is 2. The van der Waals surface area contributed by atoms with Crippen LogP contribution in [0.4, 0.5) is 0 Å². The summed E-state index contributed by atoms with van der Waals surface area (Å²) in [4.78, 5) is 17.4. The molecule has 3 aromatic carbocycles. The monoisotopic (exact) mass is 530 g/mol. The zero-order valence-corrected chi connectivity index (χ0v) is 23.3.